The van der Waals surface area contributed by atoms with Crippen LogP contribution in [0.3, 0.4) is 0 Å². The Kier molecular flexibility index (Phi) is 3.06. The molecule has 1 aliphatic carbocycles. The van der Waals surface area contributed by atoms with E-state index in [0.29, 0.717) is 30.0 Å². The van der Waals surface area contributed by atoms with E-state index in [9.17, 15) is 4.79 Å². The van der Waals surface area contributed by atoms with Crippen molar-refractivity contribution in [3.8, 4) is 0 Å². The molecule has 2 fully saturated rings. The molecule has 0 bridgehead atoms. The van der Waals surface area contributed by atoms with Crippen molar-refractivity contribution in [2.45, 2.75) is 31.4 Å². The van der Waals surface area contributed by atoms with E-state index in [-0.39, 0.29) is 0 Å². The molecule has 2 aliphatic rings. The molecule has 3 rings (SSSR count). The van der Waals surface area contributed by atoms with Crippen LogP contribution in [0.1, 0.15) is 29.6 Å². The van der Waals surface area contributed by atoms with Crippen molar-refractivity contribution < 1.29 is 9.53 Å². The molecule has 2 unspecified atom stereocenters. The number of amides is 1. The summed E-state index contributed by atoms with van der Waals surface area (Å²) < 4.78 is 5.80. The summed E-state index contributed by atoms with van der Waals surface area (Å²) in [5, 5.41) is 0. The van der Waals surface area contributed by atoms with Gasteiger partial charge in [-0.15, -0.1) is 0 Å². The SMILES string of the molecule is NC(=O)c1cccc(N2CCOC3CCCC32)c1N. The fourth-order valence-electron chi connectivity index (χ4n) is 3.24. The zero-order valence-corrected chi connectivity index (χ0v) is 10.8. The Bertz CT molecular complexity index is 503. The van der Waals surface area contributed by atoms with E-state index in [2.05, 4.69) is 4.90 Å². The normalized spacial score (nSPS) is 26.2. The molecule has 1 heterocycles. The molecule has 0 spiro atoms. The summed E-state index contributed by atoms with van der Waals surface area (Å²) in [5.74, 6) is -0.476. The lowest BCUT2D eigenvalue weighted by Gasteiger charge is -2.40. The van der Waals surface area contributed by atoms with Crippen LogP contribution in [0.25, 0.3) is 0 Å². The zero-order valence-electron chi connectivity index (χ0n) is 10.8. The van der Waals surface area contributed by atoms with Crippen LogP contribution in [-0.2, 0) is 4.74 Å². The number of benzene rings is 1. The predicted octanol–water partition coefficient (Wildman–Crippen LogP) is 1.13. The second kappa shape index (κ2) is 4.74. The van der Waals surface area contributed by atoms with Gasteiger partial charge in [-0.3, -0.25) is 4.79 Å². The monoisotopic (exact) mass is 261 g/mol. The number of rotatable bonds is 2. The van der Waals surface area contributed by atoms with Crippen LogP contribution in [-0.4, -0.2) is 31.2 Å². The van der Waals surface area contributed by atoms with Gasteiger partial charge in [0.25, 0.3) is 5.91 Å². The highest BCUT2D eigenvalue weighted by Crippen LogP contribution is 2.36. The molecule has 19 heavy (non-hydrogen) atoms. The fraction of sp³-hybridized carbons (Fsp3) is 0.500. The van der Waals surface area contributed by atoms with Gasteiger partial charge in [-0.2, -0.15) is 0 Å². The Labute approximate surface area is 112 Å². The number of morpholine rings is 1. The molecular formula is C14H19N3O2. The number of hydrogen-bond acceptors (Lipinski definition) is 4. The van der Waals surface area contributed by atoms with Gasteiger partial charge in [0.05, 0.1) is 35.7 Å². The van der Waals surface area contributed by atoms with Crippen LogP contribution in [0.15, 0.2) is 18.2 Å². The molecule has 5 nitrogen and oxygen atoms in total. The van der Waals surface area contributed by atoms with Crippen LogP contribution in [0, 0.1) is 0 Å². The van der Waals surface area contributed by atoms with Crippen molar-refractivity contribution in [3.63, 3.8) is 0 Å². The Balaban J connectivity index is 1.97. The number of ether oxygens (including phenoxy) is 1. The Morgan fingerprint density at radius 3 is 3.00 bits per heavy atom. The summed E-state index contributed by atoms with van der Waals surface area (Å²) in [7, 11) is 0. The Morgan fingerprint density at radius 1 is 1.37 bits per heavy atom. The van der Waals surface area contributed by atoms with Gasteiger partial charge in [0.15, 0.2) is 0 Å². The number of fused-ring (bicyclic) bond motifs is 1. The lowest BCUT2D eigenvalue weighted by atomic mass is 10.1. The Morgan fingerprint density at radius 2 is 2.21 bits per heavy atom. The van der Waals surface area contributed by atoms with Crippen molar-refractivity contribution in [2.24, 2.45) is 5.73 Å². The van der Waals surface area contributed by atoms with E-state index < -0.39 is 5.91 Å². The first-order valence-electron chi connectivity index (χ1n) is 6.75. The van der Waals surface area contributed by atoms with Gasteiger partial charge in [0.2, 0.25) is 0 Å². The van der Waals surface area contributed by atoms with Crippen molar-refractivity contribution in [3.05, 3.63) is 23.8 Å². The Hall–Kier alpha value is -1.75. The van der Waals surface area contributed by atoms with E-state index in [1.807, 2.05) is 12.1 Å². The average molecular weight is 261 g/mol. The summed E-state index contributed by atoms with van der Waals surface area (Å²) in [6.07, 6.45) is 3.70. The van der Waals surface area contributed by atoms with Gasteiger partial charge < -0.3 is 21.1 Å². The zero-order chi connectivity index (χ0) is 13.4. The molecule has 2 atom stereocenters. The number of anilines is 2. The molecule has 5 heteroatoms. The molecule has 1 aliphatic heterocycles. The lowest BCUT2D eigenvalue weighted by molar-refractivity contribution is 0.0257. The summed E-state index contributed by atoms with van der Waals surface area (Å²) in [4.78, 5) is 13.7. The van der Waals surface area contributed by atoms with Crippen molar-refractivity contribution >= 4 is 17.3 Å². The highest BCUT2D eigenvalue weighted by atomic mass is 16.5. The third kappa shape index (κ3) is 2.04. The third-order valence-electron chi connectivity index (χ3n) is 4.14. The van der Waals surface area contributed by atoms with Gasteiger partial charge >= 0.3 is 0 Å². The quantitative estimate of drug-likeness (QED) is 0.782. The summed E-state index contributed by atoms with van der Waals surface area (Å²) >= 11 is 0. The van der Waals surface area contributed by atoms with E-state index in [1.165, 1.54) is 6.42 Å². The minimum absolute atomic E-state index is 0.297. The van der Waals surface area contributed by atoms with Crippen LogP contribution in [0.5, 0.6) is 0 Å². The largest absolute Gasteiger partial charge is 0.396 e. The molecule has 0 radical (unpaired) electrons. The van der Waals surface area contributed by atoms with E-state index in [1.54, 1.807) is 6.07 Å². The number of nitrogen functional groups attached to an aromatic ring is 1. The van der Waals surface area contributed by atoms with Crippen LogP contribution >= 0.6 is 0 Å². The third-order valence-corrected chi connectivity index (χ3v) is 4.14. The number of nitrogens with zero attached hydrogens (tertiary/aromatic N) is 1. The smallest absolute Gasteiger partial charge is 0.250 e. The molecular weight excluding hydrogens is 242 g/mol. The topological polar surface area (TPSA) is 81.6 Å². The first-order valence-corrected chi connectivity index (χ1v) is 6.75. The maximum atomic E-state index is 11.4. The number of carbonyl (C=O) groups is 1. The van der Waals surface area contributed by atoms with Gasteiger partial charge in [-0.25, -0.2) is 0 Å². The van der Waals surface area contributed by atoms with Crippen LogP contribution in [0.2, 0.25) is 0 Å². The summed E-state index contributed by atoms with van der Waals surface area (Å²) in [5.41, 5.74) is 13.3. The van der Waals surface area contributed by atoms with E-state index >= 15 is 0 Å². The minimum Gasteiger partial charge on any atom is -0.396 e. The van der Waals surface area contributed by atoms with Crippen molar-refractivity contribution in [1.29, 1.82) is 0 Å². The number of primary amides is 1. The molecule has 1 aromatic carbocycles. The molecule has 1 saturated carbocycles. The molecule has 1 saturated heterocycles. The molecule has 1 amide bonds. The molecule has 4 N–H and O–H groups in total. The van der Waals surface area contributed by atoms with E-state index in [0.717, 1.165) is 25.1 Å². The molecule has 0 aromatic heterocycles. The number of para-hydroxylation sites is 1. The number of carbonyl (C=O) groups excluding carboxylic acids is 1. The average Bonchev–Trinajstić information content (AvgIpc) is 2.87. The van der Waals surface area contributed by atoms with Crippen LogP contribution in [0.4, 0.5) is 11.4 Å². The maximum absolute atomic E-state index is 11.4. The van der Waals surface area contributed by atoms with Crippen molar-refractivity contribution in [1.82, 2.24) is 0 Å². The predicted molar refractivity (Wildman–Crippen MR) is 74.1 cm³/mol. The standard InChI is InChI=1S/C14H19N3O2/c15-13-9(14(16)18)3-1-5-11(13)17-7-8-19-12-6-2-4-10(12)17/h1,3,5,10,12H,2,4,6-8,15H2,(H2,16,18). The van der Waals surface area contributed by atoms with Gasteiger partial charge in [-0.1, -0.05) is 6.07 Å². The number of nitrogens with two attached hydrogens (primary N) is 2. The summed E-state index contributed by atoms with van der Waals surface area (Å²) in [6.45, 7) is 1.52. The second-order valence-electron chi connectivity index (χ2n) is 5.20. The maximum Gasteiger partial charge on any atom is 0.250 e. The highest BCUT2D eigenvalue weighted by molar-refractivity contribution is 6.00. The van der Waals surface area contributed by atoms with E-state index in [4.69, 9.17) is 16.2 Å². The van der Waals surface area contributed by atoms with Gasteiger partial charge in [0.1, 0.15) is 0 Å². The van der Waals surface area contributed by atoms with Crippen LogP contribution < -0.4 is 16.4 Å². The second-order valence-corrected chi connectivity index (χ2v) is 5.20. The fourth-order valence-corrected chi connectivity index (χ4v) is 3.24. The molecule has 102 valence electrons. The van der Waals surface area contributed by atoms with Gasteiger partial charge in [-0.05, 0) is 31.4 Å². The minimum atomic E-state index is -0.476. The molecule has 1 aromatic rings. The van der Waals surface area contributed by atoms with Gasteiger partial charge in [0, 0.05) is 6.54 Å². The highest BCUT2D eigenvalue weighted by Gasteiger charge is 2.37. The first kappa shape index (κ1) is 12.3. The first-order chi connectivity index (χ1) is 9.18. The van der Waals surface area contributed by atoms with Crippen molar-refractivity contribution in [2.75, 3.05) is 23.8 Å². The number of hydrogen-bond donors (Lipinski definition) is 2. The lowest BCUT2D eigenvalue weighted by Crippen LogP contribution is -2.49. The summed E-state index contributed by atoms with van der Waals surface area (Å²) in [6, 6.07) is 5.85.